The summed E-state index contributed by atoms with van der Waals surface area (Å²) < 4.78 is 5.47. The molecule has 1 aromatic carbocycles. The van der Waals surface area contributed by atoms with Gasteiger partial charge in [0.2, 0.25) is 0 Å². The Hall–Kier alpha value is -2.34. The number of hydrazine groups is 1. The smallest absolute Gasteiger partial charge is 0.279 e. The van der Waals surface area contributed by atoms with Crippen LogP contribution < -0.4 is 15.6 Å². The van der Waals surface area contributed by atoms with Crippen molar-refractivity contribution >= 4 is 23.2 Å². The summed E-state index contributed by atoms with van der Waals surface area (Å²) in [6.45, 7) is 7.78. The van der Waals surface area contributed by atoms with Gasteiger partial charge in [-0.15, -0.1) is 11.3 Å². The van der Waals surface area contributed by atoms with Crippen molar-refractivity contribution in [2.24, 2.45) is 0 Å². The quantitative estimate of drug-likeness (QED) is 0.818. The van der Waals surface area contributed by atoms with Crippen LogP contribution in [0.25, 0.3) is 0 Å². The van der Waals surface area contributed by atoms with Gasteiger partial charge in [-0.1, -0.05) is 24.6 Å². The summed E-state index contributed by atoms with van der Waals surface area (Å²) in [6, 6.07) is 7.57. The van der Waals surface area contributed by atoms with E-state index in [-0.39, 0.29) is 12.5 Å². The molecule has 1 aromatic heterocycles. The Balaban J connectivity index is 1.83. The molecule has 2 N–H and O–H groups in total. The Labute approximate surface area is 146 Å². The van der Waals surface area contributed by atoms with Gasteiger partial charge < -0.3 is 4.74 Å². The average molecular weight is 346 g/mol. The van der Waals surface area contributed by atoms with E-state index < -0.39 is 5.91 Å². The monoisotopic (exact) mass is 346 g/mol. The molecule has 0 bridgehead atoms. The first-order valence-corrected chi connectivity index (χ1v) is 8.61. The molecule has 1 heterocycles. The first kappa shape index (κ1) is 18.0. The van der Waals surface area contributed by atoms with Crippen LogP contribution in [0.3, 0.4) is 0 Å². The lowest BCUT2D eigenvalue weighted by Crippen LogP contribution is -2.43. The molecule has 0 saturated heterocycles. The fourth-order valence-electron chi connectivity index (χ4n) is 2.31. The molecule has 2 rings (SSSR count). The molecular formula is C18H22N2O3S. The van der Waals surface area contributed by atoms with Gasteiger partial charge in [-0.05, 0) is 50.5 Å². The molecule has 2 aromatic rings. The zero-order valence-electron chi connectivity index (χ0n) is 14.4. The summed E-state index contributed by atoms with van der Waals surface area (Å²) >= 11 is 1.44. The molecule has 6 heteroatoms. The summed E-state index contributed by atoms with van der Waals surface area (Å²) in [5, 5.41) is 0. The van der Waals surface area contributed by atoms with E-state index in [1.165, 1.54) is 16.2 Å². The summed E-state index contributed by atoms with van der Waals surface area (Å²) in [7, 11) is 0. The van der Waals surface area contributed by atoms with Crippen molar-refractivity contribution in [1.82, 2.24) is 10.9 Å². The van der Waals surface area contributed by atoms with Gasteiger partial charge in [0.05, 0.1) is 4.88 Å². The number of benzene rings is 1. The first-order chi connectivity index (χ1) is 11.4. The molecule has 128 valence electrons. The summed E-state index contributed by atoms with van der Waals surface area (Å²) in [5.74, 6) is -0.0708. The molecule has 0 aliphatic heterocycles. The molecule has 0 spiro atoms. The standard InChI is InChI=1S/C18H22N2O3S/c1-5-15-13(4)9-16(24-15)18(22)20-19-17(21)10-23-14-7-6-11(2)8-12(14)3/h6-9H,5,10H2,1-4H3,(H,19,21)(H,20,22). The zero-order chi connectivity index (χ0) is 17.7. The van der Waals surface area contributed by atoms with Gasteiger partial charge in [-0.25, -0.2) is 0 Å². The number of carbonyl (C=O) groups is 2. The Morgan fingerprint density at radius 2 is 1.83 bits per heavy atom. The van der Waals surface area contributed by atoms with E-state index in [0.29, 0.717) is 10.6 Å². The predicted octanol–water partition coefficient (Wildman–Crippen LogP) is 3.08. The van der Waals surface area contributed by atoms with Gasteiger partial charge in [0.1, 0.15) is 5.75 Å². The van der Waals surface area contributed by atoms with Crippen LogP contribution in [0.2, 0.25) is 0 Å². The van der Waals surface area contributed by atoms with Crippen LogP contribution in [0, 0.1) is 20.8 Å². The van der Waals surface area contributed by atoms with E-state index in [2.05, 4.69) is 10.9 Å². The van der Waals surface area contributed by atoms with Crippen LogP contribution in [-0.4, -0.2) is 18.4 Å². The molecule has 0 aliphatic carbocycles. The maximum atomic E-state index is 12.0. The van der Waals surface area contributed by atoms with E-state index in [9.17, 15) is 9.59 Å². The number of aryl methyl sites for hydroxylation is 4. The number of carbonyl (C=O) groups excluding carboxylic acids is 2. The fraction of sp³-hybridized carbons (Fsp3) is 0.333. The number of amides is 2. The maximum absolute atomic E-state index is 12.0. The number of hydrogen-bond donors (Lipinski definition) is 2. The van der Waals surface area contributed by atoms with E-state index in [0.717, 1.165) is 23.1 Å². The van der Waals surface area contributed by atoms with E-state index in [1.54, 1.807) is 0 Å². The SMILES string of the molecule is CCc1sc(C(=O)NNC(=O)COc2ccc(C)cc2C)cc1C. The van der Waals surface area contributed by atoms with Crippen LogP contribution in [0.15, 0.2) is 24.3 Å². The second kappa shape index (κ2) is 7.97. The van der Waals surface area contributed by atoms with E-state index in [4.69, 9.17) is 4.74 Å². The molecule has 0 aliphatic rings. The second-order valence-electron chi connectivity index (χ2n) is 5.63. The molecule has 0 unspecified atom stereocenters. The number of thiophene rings is 1. The van der Waals surface area contributed by atoms with Crippen molar-refractivity contribution in [3.05, 3.63) is 50.7 Å². The average Bonchev–Trinajstić information content (AvgIpc) is 2.92. The highest BCUT2D eigenvalue weighted by Gasteiger charge is 2.13. The minimum atomic E-state index is -0.410. The normalized spacial score (nSPS) is 10.3. The molecular weight excluding hydrogens is 324 g/mol. The van der Waals surface area contributed by atoms with Crippen LogP contribution in [0.4, 0.5) is 0 Å². The number of ether oxygens (including phenoxy) is 1. The Bertz CT molecular complexity index is 753. The van der Waals surface area contributed by atoms with E-state index in [1.807, 2.05) is 52.0 Å². The molecule has 0 atom stereocenters. The van der Waals surface area contributed by atoms with Gasteiger partial charge in [-0.3, -0.25) is 20.4 Å². The lowest BCUT2D eigenvalue weighted by atomic mass is 10.1. The van der Waals surface area contributed by atoms with Crippen molar-refractivity contribution in [3.8, 4) is 5.75 Å². The van der Waals surface area contributed by atoms with Crippen molar-refractivity contribution in [3.63, 3.8) is 0 Å². The fourth-order valence-corrected chi connectivity index (χ4v) is 3.32. The highest BCUT2D eigenvalue weighted by atomic mass is 32.1. The van der Waals surface area contributed by atoms with Crippen molar-refractivity contribution in [1.29, 1.82) is 0 Å². The highest BCUT2D eigenvalue weighted by molar-refractivity contribution is 7.14. The molecule has 5 nitrogen and oxygen atoms in total. The minimum Gasteiger partial charge on any atom is -0.483 e. The first-order valence-electron chi connectivity index (χ1n) is 7.79. The van der Waals surface area contributed by atoms with Crippen molar-refractivity contribution in [2.75, 3.05) is 6.61 Å². The molecule has 24 heavy (non-hydrogen) atoms. The highest BCUT2D eigenvalue weighted by Crippen LogP contribution is 2.22. The van der Waals surface area contributed by atoms with Crippen molar-refractivity contribution in [2.45, 2.75) is 34.1 Å². The summed E-state index contributed by atoms with van der Waals surface area (Å²) in [4.78, 5) is 25.6. The summed E-state index contributed by atoms with van der Waals surface area (Å²) in [6.07, 6.45) is 0.889. The maximum Gasteiger partial charge on any atom is 0.279 e. The van der Waals surface area contributed by atoms with E-state index >= 15 is 0 Å². The van der Waals surface area contributed by atoms with Gasteiger partial charge in [0.15, 0.2) is 6.61 Å². The van der Waals surface area contributed by atoms with Crippen molar-refractivity contribution < 1.29 is 14.3 Å². The lowest BCUT2D eigenvalue weighted by molar-refractivity contribution is -0.123. The largest absolute Gasteiger partial charge is 0.483 e. The van der Waals surface area contributed by atoms with Gasteiger partial charge >= 0.3 is 0 Å². The third-order valence-corrected chi connectivity index (χ3v) is 4.95. The topological polar surface area (TPSA) is 67.4 Å². The van der Waals surface area contributed by atoms with Gasteiger partial charge in [0.25, 0.3) is 11.8 Å². The zero-order valence-corrected chi connectivity index (χ0v) is 15.2. The third kappa shape index (κ3) is 4.58. The predicted molar refractivity (Wildman–Crippen MR) is 95.5 cm³/mol. The lowest BCUT2D eigenvalue weighted by Gasteiger charge is -2.10. The molecule has 2 amide bonds. The van der Waals surface area contributed by atoms with Crippen LogP contribution in [0.1, 0.15) is 38.2 Å². The van der Waals surface area contributed by atoms with Crippen LogP contribution >= 0.6 is 11.3 Å². The van der Waals surface area contributed by atoms with Crippen LogP contribution in [-0.2, 0) is 11.2 Å². The van der Waals surface area contributed by atoms with Gasteiger partial charge in [-0.2, -0.15) is 0 Å². The number of rotatable bonds is 5. The third-order valence-electron chi connectivity index (χ3n) is 3.57. The minimum absolute atomic E-state index is 0.159. The van der Waals surface area contributed by atoms with Crippen LogP contribution in [0.5, 0.6) is 5.75 Å². The Morgan fingerprint density at radius 3 is 2.46 bits per heavy atom. The van der Waals surface area contributed by atoms with Gasteiger partial charge in [0, 0.05) is 4.88 Å². The number of hydrogen-bond acceptors (Lipinski definition) is 4. The molecule has 0 radical (unpaired) electrons. The molecule has 0 saturated carbocycles. The summed E-state index contributed by atoms with van der Waals surface area (Å²) in [5.41, 5.74) is 7.98. The molecule has 0 fully saturated rings. The number of nitrogens with one attached hydrogen (secondary N) is 2. The Kier molecular flexibility index (Phi) is 5.98. The Morgan fingerprint density at radius 1 is 1.08 bits per heavy atom. The second-order valence-corrected chi connectivity index (χ2v) is 6.77.